The van der Waals surface area contributed by atoms with Crippen molar-refractivity contribution in [1.82, 2.24) is 0 Å². The number of rotatable bonds is 3. The summed E-state index contributed by atoms with van der Waals surface area (Å²) >= 11 is 4.91. The molecule has 102 valence electrons. The van der Waals surface area contributed by atoms with Crippen LogP contribution in [0.2, 0.25) is 0 Å². The number of halogens is 1. The molecule has 0 saturated heterocycles. The van der Waals surface area contributed by atoms with E-state index in [-0.39, 0.29) is 10.7 Å². The molecule has 1 N–H and O–H groups in total. The van der Waals surface area contributed by atoms with Crippen LogP contribution in [0.1, 0.15) is 42.7 Å². The van der Waals surface area contributed by atoms with Crippen molar-refractivity contribution in [2.45, 2.75) is 44.4 Å². The zero-order valence-electron chi connectivity index (χ0n) is 11.1. The van der Waals surface area contributed by atoms with E-state index in [0.29, 0.717) is 11.5 Å². The molecular weight excluding hydrogens is 324 g/mol. The van der Waals surface area contributed by atoms with Crippen LogP contribution in [0.15, 0.2) is 0 Å². The van der Waals surface area contributed by atoms with Gasteiger partial charge in [0.05, 0.1) is 10.4 Å². The van der Waals surface area contributed by atoms with Gasteiger partial charge in [0.25, 0.3) is 0 Å². The largest absolute Gasteiger partial charge is 0.316 e. The van der Waals surface area contributed by atoms with Crippen LogP contribution in [0.5, 0.6) is 0 Å². The zero-order chi connectivity index (χ0) is 14.0. The summed E-state index contributed by atoms with van der Waals surface area (Å²) in [6, 6.07) is 2.26. The number of anilines is 1. The van der Waals surface area contributed by atoms with Crippen molar-refractivity contribution in [3.05, 3.63) is 16.0 Å². The highest BCUT2D eigenvalue weighted by atomic mass is 79.9. The van der Waals surface area contributed by atoms with E-state index in [2.05, 4.69) is 34.2 Å². The van der Waals surface area contributed by atoms with E-state index in [9.17, 15) is 10.1 Å². The van der Waals surface area contributed by atoms with Crippen LogP contribution in [0.4, 0.5) is 5.00 Å². The van der Waals surface area contributed by atoms with Crippen molar-refractivity contribution >= 4 is 38.2 Å². The lowest BCUT2D eigenvalue weighted by molar-refractivity contribution is -0.115. The molecule has 1 aromatic rings. The first-order valence-electron chi connectivity index (χ1n) is 6.56. The number of carbonyl (C=O) groups excluding carboxylic acids is 1. The van der Waals surface area contributed by atoms with Gasteiger partial charge in [-0.05, 0) is 37.2 Å². The Hall–Kier alpha value is -0.860. The molecule has 0 saturated carbocycles. The molecule has 0 aromatic carbocycles. The summed E-state index contributed by atoms with van der Waals surface area (Å²) in [7, 11) is 0. The summed E-state index contributed by atoms with van der Waals surface area (Å²) in [5, 5.41) is 13.0. The highest BCUT2D eigenvalue weighted by Crippen LogP contribution is 2.39. The van der Waals surface area contributed by atoms with Crippen LogP contribution in [-0.2, 0) is 17.6 Å². The van der Waals surface area contributed by atoms with Gasteiger partial charge in [-0.15, -0.1) is 11.3 Å². The van der Waals surface area contributed by atoms with Crippen molar-refractivity contribution in [2.24, 2.45) is 5.92 Å². The average molecular weight is 341 g/mol. The second kappa shape index (κ2) is 6.06. The Morgan fingerprint density at radius 3 is 3.05 bits per heavy atom. The molecule has 0 bridgehead atoms. The number of nitrogens with zero attached hydrogens (tertiary/aromatic N) is 1. The molecule has 2 atom stereocenters. The lowest BCUT2D eigenvalue weighted by atomic mass is 9.89. The number of amides is 1. The molecular formula is C14H17BrN2OS. The van der Waals surface area contributed by atoms with Crippen LogP contribution in [0.25, 0.3) is 0 Å². The average Bonchev–Trinajstić information content (AvgIpc) is 2.73. The van der Waals surface area contributed by atoms with Gasteiger partial charge in [-0.3, -0.25) is 4.79 Å². The first-order valence-corrected chi connectivity index (χ1v) is 8.29. The van der Waals surface area contributed by atoms with E-state index in [1.54, 1.807) is 11.3 Å². The molecule has 1 aliphatic rings. The Kier molecular flexibility index (Phi) is 4.64. The number of thiophene rings is 1. The molecule has 1 aromatic heterocycles. The molecule has 0 aliphatic heterocycles. The number of nitrogens with one attached hydrogen (secondary N) is 1. The number of carbonyl (C=O) groups is 1. The maximum atomic E-state index is 11.9. The number of alkyl halides is 1. The molecule has 2 rings (SSSR count). The van der Waals surface area contributed by atoms with Gasteiger partial charge >= 0.3 is 0 Å². The standard InChI is InChI=1S/C14H17BrN2OS/c1-3-11(15)13(18)17-14-10(7-16)9-5-4-8(2)6-12(9)19-14/h8,11H,3-6H2,1-2H3,(H,17,18)/t8-,11-/m1/s1. The third-order valence-electron chi connectivity index (χ3n) is 3.50. The predicted octanol–water partition coefficient (Wildman–Crippen LogP) is 3.86. The molecule has 0 unspecified atom stereocenters. The predicted molar refractivity (Wildman–Crippen MR) is 81.9 cm³/mol. The van der Waals surface area contributed by atoms with Gasteiger partial charge in [-0.25, -0.2) is 0 Å². The Balaban J connectivity index is 2.27. The Morgan fingerprint density at radius 2 is 2.42 bits per heavy atom. The van der Waals surface area contributed by atoms with Crippen molar-refractivity contribution in [3.63, 3.8) is 0 Å². The molecule has 1 heterocycles. The lowest BCUT2D eigenvalue weighted by Crippen LogP contribution is -2.21. The molecule has 1 amide bonds. The van der Waals surface area contributed by atoms with Gasteiger partial charge in [0, 0.05) is 4.88 Å². The van der Waals surface area contributed by atoms with E-state index in [1.807, 2.05) is 6.92 Å². The fraction of sp³-hybridized carbons (Fsp3) is 0.571. The summed E-state index contributed by atoms with van der Waals surface area (Å²) in [6.45, 7) is 4.18. The van der Waals surface area contributed by atoms with Crippen molar-refractivity contribution in [2.75, 3.05) is 5.32 Å². The molecule has 0 fully saturated rings. The van der Waals surface area contributed by atoms with E-state index >= 15 is 0 Å². The Bertz CT molecular complexity index is 532. The van der Waals surface area contributed by atoms with Crippen LogP contribution < -0.4 is 5.32 Å². The maximum Gasteiger partial charge on any atom is 0.238 e. The van der Waals surface area contributed by atoms with E-state index in [0.717, 1.165) is 36.2 Å². The minimum atomic E-state index is -0.197. The smallest absolute Gasteiger partial charge is 0.238 e. The summed E-state index contributed by atoms with van der Waals surface area (Å²) in [4.78, 5) is 13.0. The van der Waals surface area contributed by atoms with Crippen molar-refractivity contribution in [1.29, 1.82) is 5.26 Å². The highest BCUT2D eigenvalue weighted by Gasteiger charge is 2.25. The summed E-state index contributed by atoms with van der Waals surface area (Å²) in [6.07, 6.45) is 3.84. The topological polar surface area (TPSA) is 52.9 Å². The Labute approximate surface area is 126 Å². The van der Waals surface area contributed by atoms with Crippen LogP contribution in [0.3, 0.4) is 0 Å². The monoisotopic (exact) mass is 340 g/mol. The van der Waals surface area contributed by atoms with Gasteiger partial charge in [-0.2, -0.15) is 5.26 Å². The third kappa shape index (κ3) is 3.01. The minimum absolute atomic E-state index is 0.0642. The number of hydrogen-bond acceptors (Lipinski definition) is 3. The van der Waals surface area contributed by atoms with Crippen molar-refractivity contribution in [3.8, 4) is 6.07 Å². The van der Waals surface area contributed by atoms with Gasteiger partial charge < -0.3 is 5.32 Å². The van der Waals surface area contributed by atoms with Crippen LogP contribution in [0, 0.1) is 17.2 Å². The van der Waals surface area contributed by atoms with E-state index in [4.69, 9.17) is 0 Å². The van der Waals surface area contributed by atoms with E-state index < -0.39 is 0 Å². The second-order valence-electron chi connectivity index (χ2n) is 5.03. The van der Waals surface area contributed by atoms with Gasteiger partial charge in [-0.1, -0.05) is 29.8 Å². The normalized spacial score (nSPS) is 19.4. The highest BCUT2D eigenvalue weighted by molar-refractivity contribution is 9.10. The van der Waals surface area contributed by atoms with Gasteiger partial charge in [0.15, 0.2) is 0 Å². The quantitative estimate of drug-likeness (QED) is 0.849. The first-order chi connectivity index (χ1) is 9.06. The second-order valence-corrected chi connectivity index (χ2v) is 7.24. The number of fused-ring (bicyclic) bond motifs is 1. The summed E-state index contributed by atoms with van der Waals surface area (Å²) < 4.78 is 0. The van der Waals surface area contributed by atoms with Crippen LogP contribution in [-0.4, -0.2) is 10.7 Å². The summed E-state index contributed by atoms with van der Waals surface area (Å²) in [5.74, 6) is 0.603. The zero-order valence-corrected chi connectivity index (χ0v) is 13.5. The van der Waals surface area contributed by atoms with Crippen molar-refractivity contribution < 1.29 is 4.79 Å². The molecule has 1 aliphatic carbocycles. The number of nitriles is 1. The fourth-order valence-electron chi connectivity index (χ4n) is 2.33. The minimum Gasteiger partial charge on any atom is -0.316 e. The summed E-state index contributed by atoms with van der Waals surface area (Å²) in [5.41, 5.74) is 1.83. The first kappa shape index (κ1) is 14.5. The lowest BCUT2D eigenvalue weighted by Gasteiger charge is -2.17. The Morgan fingerprint density at radius 1 is 1.68 bits per heavy atom. The molecule has 19 heavy (non-hydrogen) atoms. The van der Waals surface area contributed by atoms with Gasteiger partial charge in [0.1, 0.15) is 11.1 Å². The van der Waals surface area contributed by atoms with E-state index in [1.165, 1.54) is 4.88 Å². The molecule has 5 heteroatoms. The number of hydrogen-bond donors (Lipinski definition) is 1. The van der Waals surface area contributed by atoms with Crippen LogP contribution >= 0.6 is 27.3 Å². The van der Waals surface area contributed by atoms with Gasteiger partial charge in [0.2, 0.25) is 5.91 Å². The molecule has 3 nitrogen and oxygen atoms in total. The fourth-order valence-corrected chi connectivity index (χ4v) is 3.81. The SMILES string of the molecule is CC[C@@H](Br)C(=O)Nc1sc2c(c1C#N)CC[C@@H](C)C2. The molecule has 0 spiro atoms. The molecule has 0 radical (unpaired) electrons. The third-order valence-corrected chi connectivity index (χ3v) is 5.74. The maximum absolute atomic E-state index is 11.9.